The van der Waals surface area contributed by atoms with Gasteiger partial charge < -0.3 is 11.1 Å². The number of rotatable bonds is 2. The number of hydrogen-bond donors (Lipinski definition) is 4. The maximum atomic E-state index is 5.87. The molecule has 0 aromatic carbocycles. The van der Waals surface area contributed by atoms with Gasteiger partial charge in [-0.3, -0.25) is 16.0 Å². The van der Waals surface area contributed by atoms with E-state index in [1.165, 1.54) is 0 Å². The molecule has 1 aliphatic rings. The largest absolute Gasteiger partial charge is 0.370 e. The van der Waals surface area contributed by atoms with Gasteiger partial charge in [0.25, 0.3) is 0 Å². The summed E-state index contributed by atoms with van der Waals surface area (Å²) >= 11 is 0. The maximum Gasteiger partial charge on any atom is 0.201 e. The van der Waals surface area contributed by atoms with Gasteiger partial charge in [-0.2, -0.15) is 0 Å². The number of aliphatic imine (C=N–C) groups is 2. The van der Waals surface area contributed by atoms with Gasteiger partial charge in [-0.15, -0.1) is 0 Å². The SMILES string of the molecule is CCN=C1NC(N)=NC(N)(CC)N1. The first-order chi connectivity index (χ1) is 6.09. The van der Waals surface area contributed by atoms with Crippen LogP contribution in [-0.2, 0) is 0 Å². The van der Waals surface area contributed by atoms with Crippen molar-refractivity contribution in [3.8, 4) is 0 Å². The molecule has 0 bridgehead atoms. The summed E-state index contributed by atoms with van der Waals surface area (Å²) < 4.78 is 0. The van der Waals surface area contributed by atoms with Crippen LogP contribution in [0.4, 0.5) is 0 Å². The van der Waals surface area contributed by atoms with Gasteiger partial charge in [-0.25, -0.2) is 4.99 Å². The van der Waals surface area contributed by atoms with Crippen LogP contribution >= 0.6 is 0 Å². The molecular weight excluding hydrogens is 168 g/mol. The normalized spacial score (nSPS) is 30.7. The molecule has 1 unspecified atom stereocenters. The first-order valence-electron chi connectivity index (χ1n) is 4.33. The van der Waals surface area contributed by atoms with E-state index >= 15 is 0 Å². The van der Waals surface area contributed by atoms with Crippen molar-refractivity contribution >= 4 is 11.9 Å². The first kappa shape index (κ1) is 9.79. The van der Waals surface area contributed by atoms with Crippen LogP contribution in [0.3, 0.4) is 0 Å². The molecule has 6 heteroatoms. The minimum atomic E-state index is -0.816. The van der Waals surface area contributed by atoms with E-state index in [2.05, 4.69) is 20.6 Å². The van der Waals surface area contributed by atoms with Crippen LogP contribution in [0.15, 0.2) is 9.98 Å². The number of nitrogens with zero attached hydrogens (tertiary/aromatic N) is 2. The Kier molecular flexibility index (Phi) is 2.72. The monoisotopic (exact) mass is 184 g/mol. The second-order valence-electron chi connectivity index (χ2n) is 2.85. The summed E-state index contributed by atoms with van der Waals surface area (Å²) in [5.74, 6) is 0.0678. The molecule has 0 spiro atoms. The average Bonchev–Trinajstić information content (AvgIpc) is 2.03. The molecule has 1 atom stereocenters. The highest BCUT2D eigenvalue weighted by atomic mass is 15.4. The Morgan fingerprint density at radius 2 is 2.23 bits per heavy atom. The Bertz CT molecular complexity index is 245. The number of nitrogens with one attached hydrogen (secondary N) is 2. The first-order valence-corrected chi connectivity index (χ1v) is 4.33. The molecule has 1 rings (SSSR count). The van der Waals surface area contributed by atoms with Crippen molar-refractivity contribution < 1.29 is 0 Å². The molecule has 0 saturated heterocycles. The van der Waals surface area contributed by atoms with E-state index in [1.54, 1.807) is 0 Å². The third-order valence-electron chi connectivity index (χ3n) is 1.76. The van der Waals surface area contributed by atoms with E-state index in [0.29, 0.717) is 24.9 Å². The van der Waals surface area contributed by atoms with Crippen molar-refractivity contribution in [3.05, 3.63) is 0 Å². The minimum Gasteiger partial charge on any atom is -0.370 e. The zero-order valence-electron chi connectivity index (χ0n) is 7.96. The molecule has 0 amide bonds. The molecule has 6 N–H and O–H groups in total. The van der Waals surface area contributed by atoms with E-state index in [0.717, 1.165) is 0 Å². The van der Waals surface area contributed by atoms with Gasteiger partial charge >= 0.3 is 0 Å². The molecule has 0 aromatic rings. The highest BCUT2D eigenvalue weighted by Crippen LogP contribution is 2.05. The van der Waals surface area contributed by atoms with Gasteiger partial charge in [0.05, 0.1) is 0 Å². The molecule has 0 saturated carbocycles. The molecule has 6 nitrogen and oxygen atoms in total. The van der Waals surface area contributed by atoms with E-state index in [-0.39, 0.29) is 0 Å². The summed E-state index contributed by atoms with van der Waals surface area (Å²) in [5, 5.41) is 5.75. The van der Waals surface area contributed by atoms with Gasteiger partial charge in [0, 0.05) is 13.0 Å². The van der Waals surface area contributed by atoms with Crippen LogP contribution in [-0.4, -0.2) is 24.3 Å². The highest BCUT2D eigenvalue weighted by molar-refractivity contribution is 6.00. The van der Waals surface area contributed by atoms with Gasteiger partial charge in [-0.1, -0.05) is 6.92 Å². The van der Waals surface area contributed by atoms with Gasteiger partial charge in [0.1, 0.15) is 0 Å². The molecular formula is C7H16N6. The van der Waals surface area contributed by atoms with Crippen molar-refractivity contribution in [1.29, 1.82) is 0 Å². The van der Waals surface area contributed by atoms with Crippen molar-refractivity contribution in [3.63, 3.8) is 0 Å². The molecule has 0 aliphatic carbocycles. The van der Waals surface area contributed by atoms with Crippen LogP contribution in [0.2, 0.25) is 0 Å². The van der Waals surface area contributed by atoms with Crippen LogP contribution < -0.4 is 22.1 Å². The van der Waals surface area contributed by atoms with Crippen molar-refractivity contribution in [2.24, 2.45) is 21.5 Å². The Morgan fingerprint density at radius 1 is 1.54 bits per heavy atom. The van der Waals surface area contributed by atoms with Crippen molar-refractivity contribution in [2.45, 2.75) is 26.1 Å². The summed E-state index contributed by atoms with van der Waals surface area (Å²) in [6, 6.07) is 0. The van der Waals surface area contributed by atoms with Crippen LogP contribution in [0, 0.1) is 0 Å². The van der Waals surface area contributed by atoms with Gasteiger partial charge in [-0.05, 0) is 6.92 Å². The lowest BCUT2D eigenvalue weighted by Crippen LogP contribution is -2.64. The molecule has 1 aliphatic heterocycles. The van der Waals surface area contributed by atoms with E-state index in [4.69, 9.17) is 11.5 Å². The average molecular weight is 184 g/mol. The van der Waals surface area contributed by atoms with E-state index in [9.17, 15) is 0 Å². The van der Waals surface area contributed by atoms with Crippen LogP contribution in [0.25, 0.3) is 0 Å². The predicted octanol–water partition coefficient (Wildman–Crippen LogP) is -1.11. The Morgan fingerprint density at radius 3 is 2.77 bits per heavy atom. The lowest BCUT2D eigenvalue weighted by Gasteiger charge is -2.31. The summed E-state index contributed by atoms with van der Waals surface area (Å²) in [5.41, 5.74) is 11.4. The molecule has 13 heavy (non-hydrogen) atoms. The standard InChI is InChI=1S/C7H16N6/c1-3-7(9)12-5(8)11-6(13-7)10-4-2/h3-4,9H2,1-2H3,(H4,8,10,11,12,13). The quantitative estimate of drug-likeness (QED) is 0.437. The maximum absolute atomic E-state index is 5.87. The fourth-order valence-corrected chi connectivity index (χ4v) is 1.03. The van der Waals surface area contributed by atoms with E-state index < -0.39 is 5.79 Å². The highest BCUT2D eigenvalue weighted by Gasteiger charge is 2.27. The Hall–Kier alpha value is -1.30. The third kappa shape index (κ3) is 2.32. The lowest BCUT2D eigenvalue weighted by molar-refractivity contribution is 0.385. The second kappa shape index (κ2) is 3.61. The molecule has 74 valence electrons. The van der Waals surface area contributed by atoms with Crippen LogP contribution in [0.1, 0.15) is 20.3 Å². The summed E-state index contributed by atoms with van der Waals surface area (Å²) in [7, 11) is 0. The fourth-order valence-electron chi connectivity index (χ4n) is 1.03. The third-order valence-corrected chi connectivity index (χ3v) is 1.76. The van der Waals surface area contributed by atoms with Crippen LogP contribution in [0.5, 0.6) is 0 Å². The Labute approximate surface area is 77.5 Å². The summed E-state index contributed by atoms with van der Waals surface area (Å²) in [6.07, 6.45) is 0.651. The fraction of sp³-hybridized carbons (Fsp3) is 0.714. The number of hydrogen-bond acceptors (Lipinski definition) is 4. The second-order valence-corrected chi connectivity index (χ2v) is 2.85. The zero-order chi connectivity index (χ0) is 9.90. The topological polar surface area (TPSA) is 101 Å². The van der Waals surface area contributed by atoms with Gasteiger partial charge in [0.2, 0.25) is 5.96 Å². The Balaban J connectivity index is 2.83. The molecule has 0 radical (unpaired) electrons. The van der Waals surface area contributed by atoms with Gasteiger partial charge in [0.15, 0.2) is 11.7 Å². The smallest absolute Gasteiger partial charge is 0.201 e. The zero-order valence-corrected chi connectivity index (χ0v) is 7.96. The predicted molar refractivity (Wildman–Crippen MR) is 53.1 cm³/mol. The number of guanidine groups is 2. The number of nitrogens with two attached hydrogens (primary N) is 2. The lowest BCUT2D eigenvalue weighted by atomic mass is 10.2. The molecule has 0 aromatic heterocycles. The minimum absolute atomic E-state index is 0.301. The van der Waals surface area contributed by atoms with Crippen molar-refractivity contribution in [2.75, 3.05) is 6.54 Å². The summed E-state index contributed by atoms with van der Waals surface area (Å²) in [6.45, 7) is 4.53. The summed E-state index contributed by atoms with van der Waals surface area (Å²) in [4.78, 5) is 8.17. The molecule has 1 heterocycles. The van der Waals surface area contributed by atoms with E-state index in [1.807, 2.05) is 13.8 Å². The molecule has 0 fully saturated rings. The van der Waals surface area contributed by atoms with Crippen molar-refractivity contribution in [1.82, 2.24) is 10.6 Å².